The van der Waals surface area contributed by atoms with Crippen molar-refractivity contribution in [1.29, 1.82) is 0 Å². The summed E-state index contributed by atoms with van der Waals surface area (Å²) in [6.07, 6.45) is 0. The summed E-state index contributed by atoms with van der Waals surface area (Å²) in [7, 11) is 1.59. The van der Waals surface area contributed by atoms with E-state index >= 15 is 0 Å². The summed E-state index contributed by atoms with van der Waals surface area (Å²) in [6, 6.07) is 7.03. The molecule has 0 atom stereocenters. The van der Waals surface area contributed by atoms with Crippen molar-refractivity contribution in [2.45, 2.75) is 23.4 Å². The number of carbonyl (C=O) groups excluding carboxylic acids is 1. The Bertz CT molecular complexity index is 614. The number of methoxy groups -OCH3 is 1. The lowest BCUT2D eigenvalue weighted by molar-refractivity contribution is -0.118. The maximum absolute atomic E-state index is 11.8. The van der Waals surface area contributed by atoms with Crippen molar-refractivity contribution in [3.63, 3.8) is 0 Å². The molecule has 1 amide bonds. The molecule has 1 aromatic heterocycles. The Morgan fingerprint density at radius 2 is 1.95 bits per heavy atom. The minimum atomic E-state index is -0.270. The Kier molecular flexibility index (Phi) is 6.02. The maximum Gasteiger partial charge on any atom is 0.264 e. The molecule has 6 nitrogen and oxygen atoms in total. The first-order valence-electron chi connectivity index (χ1n) is 6.63. The fourth-order valence-electron chi connectivity index (χ4n) is 1.49. The molecule has 0 aliphatic carbocycles. The number of hydrogen-bond donors (Lipinski definition) is 1. The Hall–Kier alpha value is -1.80. The highest BCUT2D eigenvalue weighted by Crippen LogP contribution is 2.28. The second-order valence-corrected chi connectivity index (χ2v) is 7.35. The monoisotopic (exact) mass is 339 g/mol. The SMILES string of the molecule is COc1ccc(OCC(=O)Nc2nnc(SC(C)C)s2)cc1. The molecule has 0 fully saturated rings. The number of benzene rings is 1. The average molecular weight is 339 g/mol. The van der Waals surface area contributed by atoms with Crippen molar-refractivity contribution in [3.8, 4) is 11.5 Å². The number of ether oxygens (including phenoxy) is 2. The van der Waals surface area contributed by atoms with Gasteiger partial charge in [-0.25, -0.2) is 0 Å². The average Bonchev–Trinajstić information content (AvgIpc) is 2.92. The molecule has 0 aliphatic heterocycles. The third-order valence-electron chi connectivity index (χ3n) is 2.42. The summed E-state index contributed by atoms with van der Waals surface area (Å²) in [6.45, 7) is 4.07. The van der Waals surface area contributed by atoms with Crippen LogP contribution in [0.5, 0.6) is 11.5 Å². The van der Waals surface area contributed by atoms with Crippen LogP contribution < -0.4 is 14.8 Å². The Morgan fingerprint density at radius 1 is 1.27 bits per heavy atom. The van der Waals surface area contributed by atoms with Crippen LogP contribution in [0, 0.1) is 0 Å². The van der Waals surface area contributed by atoms with Crippen molar-refractivity contribution in [3.05, 3.63) is 24.3 Å². The van der Waals surface area contributed by atoms with Gasteiger partial charge in [0.15, 0.2) is 10.9 Å². The third-order valence-corrected chi connectivity index (χ3v) is 4.35. The van der Waals surface area contributed by atoms with E-state index in [2.05, 4.69) is 29.4 Å². The molecule has 0 spiro atoms. The first kappa shape index (κ1) is 16.6. The lowest BCUT2D eigenvalue weighted by Crippen LogP contribution is -2.20. The van der Waals surface area contributed by atoms with Gasteiger partial charge in [-0.1, -0.05) is 36.9 Å². The van der Waals surface area contributed by atoms with Gasteiger partial charge in [-0.3, -0.25) is 10.1 Å². The highest BCUT2D eigenvalue weighted by atomic mass is 32.2. The van der Waals surface area contributed by atoms with Gasteiger partial charge >= 0.3 is 0 Å². The maximum atomic E-state index is 11.8. The van der Waals surface area contributed by atoms with E-state index in [1.807, 2.05) is 0 Å². The number of carbonyl (C=O) groups is 1. The molecule has 0 radical (unpaired) electrons. The normalized spacial score (nSPS) is 10.5. The summed E-state index contributed by atoms with van der Waals surface area (Å²) < 4.78 is 11.3. The molecule has 0 unspecified atom stereocenters. The fourth-order valence-corrected chi connectivity index (χ4v) is 3.48. The van der Waals surface area contributed by atoms with Gasteiger partial charge in [0.1, 0.15) is 11.5 Å². The Balaban J connectivity index is 1.80. The summed E-state index contributed by atoms with van der Waals surface area (Å²) in [5.41, 5.74) is 0. The molecule has 0 aliphatic rings. The largest absolute Gasteiger partial charge is 0.497 e. The lowest BCUT2D eigenvalue weighted by atomic mass is 10.3. The molecule has 8 heteroatoms. The third kappa shape index (κ3) is 5.19. The van der Waals surface area contributed by atoms with Gasteiger partial charge in [0.05, 0.1) is 7.11 Å². The molecule has 0 saturated heterocycles. The van der Waals surface area contributed by atoms with Crippen LogP contribution in [-0.2, 0) is 4.79 Å². The van der Waals surface area contributed by atoms with Gasteiger partial charge < -0.3 is 9.47 Å². The number of nitrogens with one attached hydrogen (secondary N) is 1. The molecular formula is C14H17N3O3S2. The van der Waals surface area contributed by atoms with Crippen LogP contribution in [0.3, 0.4) is 0 Å². The zero-order valence-corrected chi connectivity index (χ0v) is 14.2. The lowest BCUT2D eigenvalue weighted by Gasteiger charge is -2.06. The topological polar surface area (TPSA) is 73.3 Å². The van der Waals surface area contributed by atoms with Crippen LogP contribution in [0.25, 0.3) is 0 Å². The van der Waals surface area contributed by atoms with E-state index in [9.17, 15) is 4.79 Å². The minimum Gasteiger partial charge on any atom is -0.497 e. The smallest absolute Gasteiger partial charge is 0.264 e. The molecule has 1 N–H and O–H groups in total. The number of rotatable bonds is 7. The number of nitrogens with zero attached hydrogens (tertiary/aromatic N) is 2. The van der Waals surface area contributed by atoms with E-state index in [1.165, 1.54) is 11.3 Å². The fraction of sp³-hybridized carbons (Fsp3) is 0.357. The predicted octanol–water partition coefficient (Wildman–Crippen LogP) is 3.06. The van der Waals surface area contributed by atoms with Crippen LogP contribution in [-0.4, -0.2) is 35.1 Å². The van der Waals surface area contributed by atoms with Crippen LogP contribution in [0.15, 0.2) is 28.6 Å². The van der Waals surface area contributed by atoms with Crippen molar-refractivity contribution in [2.75, 3.05) is 19.0 Å². The van der Waals surface area contributed by atoms with Crippen molar-refractivity contribution in [2.24, 2.45) is 0 Å². The first-order chi connectivity index (χ1) is 10.6. The predicted molar refractivity (Wildman–Crippen MR) is 88.0 cm³/mol. The van der Waals surface area contributed by atoms with Gasteiger partial charge in [0, 0.05) is 5.25 Å². The summed E-state index contributed by atoms with van der Waals surface area (Å²) in [5, 5.41) is 11.5. The standard InChI is InChI=1S/C14H17N3O3S2/c1-9(2)21-14-17-16-13(22-14)15-12(18)8-20-11-6-4-10(19-3)5-7-11/h4-7,9H,8H2,1-3H3,(H,15,16,18). The Labute approximate surface area is 137 Å². The van der Waals surface area contributed by atoms with Crippen LogP contribution in [0.4, 0.5) is 5.13 Å². The second kappa shape index (κ2) is 8.00. The van der Waals surface area contributed by atoms with E-state index in [-0.39, 0.29) is 12.5 Å². The van der Waals surface area contributed by atoms with Crippen molar-refractivity contribution >= 4 is 34.1 Å². The van der Waals surface area contributed by atoms with Gasteiger partial charge in [-0.15, -0.1) is 10.2 Å². The quantitative estimate of drug-likeness (QED) is 0.617. The Morgan fingerprint density at radius 3 is 2.59 bits per heavy atom. The number of hydrogen-bond acceptors (Lipinski definition) is 7. The van der Waals surface area contributed by atoms with E-state index in [4.69, 9.17) is 9.47 Å². The second-order valence-electron chi connectivity index (χ2n) is 4.55. The minimum absolute atomic E-state index is 0.0848. The highest BCUT2D eigenvalue weighted by molar-refractivity contribution is 8.01. The number of anilines is 1. The zero-order valence-electron chi connectivity index (χ0n) is 12.5. The molecule has 22 heavy (non-hydrogen) atoms. The summed E-state index contributed by atoms with van der Waals surface area (Å²) >= 11 is 2.96. The highest BCUT2D eigenvalue weighted by Gasteiger charge is 2.10. The molecule has 2 aromatic rings. The van der Waals surface area contributed by atoms with Crippen molar-refractivity contribution < 1.29 is 14.3 Å². The van der Waals surface area contributed by atoms with Gasteiger partial charge in [0.2, 0.25) is 5.13 Å². The molecule has 0 bridgehead atoms. The van der Waals surface area contributed by atoms with Crippen LogP contribution in [0.2, 0.25) is 0 Å². The molecule has 2 rings (SSSR count). The number of thioether (sulfide) groups is 1. The number of aromatic nitrogens is 2. The van der Waals surface area contributed by atoms with E-state index in [0.29, 0.717) is 16.1 Å². The van der Waals surface area contributed by atoms with Crippen LogP contribution >= 0.6 is 23.1 Å². The van der Waals surface area contributed by atoms with Gasteiger partial charge in [-0.05, 0) is 24.3 Å². The molecule has 0 saturated carbocycles. The van der Waals surface area contributed by atoms with Crippen LogP contribution in [0.1, 0.15) is 13.8 Å². The molecular weight excluding hydrogens is 322 g/mol. The summed E-state index contributed by atoms with van der Waals surface area (Å²) in [5.74, 6) is 1.07. The van der Waals surface area contributed by atoms with Crippen molar-refractivity contribution in [1.82, 2.24) is 10.2 Å². The molecule has 118 valence electrons. The number of amides is 1. The molecule has 1 aromatic carbocycles. The first-order valence-corrected chi connectivity index (χ1v) is 8.33. The van der Waals surface area contributed by atoms with E-state index in [1.54, 1.807) is 43.1 Å². The van der Waals surface area contributed by atoms with E-state index < -0.39 is 0 Å². The van der Waals surface area contributed by atoms with E-state index in [0.717, 1.165) is 10.1 Å². The van der Waals surface area contributed by atoms with Gasteiger partial charge in [-0.2, -0.15) is 0 Å². The van der Waals surface area contributed by atoms with Gasteiger partial charge in [0.25, 0.3) is 5.91 Å². The summed E-state index contributed by atoms with van der Waals surface area (Å²) in [4.78, 5) is 11.8. The zero-order chi connectivity index (χ0) is 15.9. The molecule has 1 heterocycles.